The molecule has 0 fully saturated rings. The van der Waals surface area contributed by atoms with Gasteiger partial charge in [-0.1, -0.05) is 30.3 Å². The monoisotopic (exact) mass is 297 g/mol. The van der Waals surface area contributed by atoms with Gasteiger partial charge in [0.1, 0.15) is 5.58 Å². The van der Waals surface area contributed by atoms with Crippen molar-refractivity contribution in [2.24, 2.45) is 0 Å². The van der Waals surface area contributed by atoms with Crippen LogP contribution in [-0.4, -0.2) is 25.7 Å². The SMILES string of the molecule is COC[C@H](C)NC(=O)Cc1coc2ccc3ccccc3c12. The lowest BCUT2D eigenvalue weighted by Crippen LogP contribution is -2.36. The number of carbonyl (C=O) groups is 1. The molecule has 0 unspecified atom stereocenters. The third-order valence-electron chi connectivity index (χ3n) is 3.72. The molecule has 3 aromatic rings. The maximum atomic E-state index is 12.2. The van der Waals surface area contributed by atoms with Gasteiger partial charge in [-0.15, -0.1) is 0 Å². The van der Waals surface area contributed by atoms with E-state index in [2.05, 4.69) is 17.4 Å². The molecule has 1 heterocycles. The summed E-state index contributed by atoms with van der Waals surface area (Å²) in [6, 6.07) is 12.1. The van der Waals surface area contributed by atoms with E-state index in [1.807, 2.05) is 31.2 Å². The normalized spacial score (nSPS) is 12.6. The predicted molar refractivity (Wildman–Crippen MR) is 86.9 cm³/mol. The van der Waals surface area contributed by atoms with Crippen molar-refractivity contribution in [1.82, 2.24) is 5.32 Å². The maximum absolute atomic E-state index is 12.2. The van der Waals surface area contributed by atoms with E-state index < -0.39 is 0 Å². The summed E-state index contributed by atoms with van der Waals surface area (Å²) in [7, 11) is 1.62. The minimum Gasteiger partial charge on any atom is -0.464 e. The summed E-state index contributed by atoms with van der Waals surface area (Å²) in [6.45, 7) is 2.42. The fourth-order valence-electron chi connectivity index (χ4n) is 2.80. The van der Waals surface area contributed by atoms with Crippen molar-refractivity contribution in [1.29, 1.82) is 0 Å². The van der Waals surface area contributed by atoms with E-state index in [1.165, 1.54) is 0 Å². The second-order valence-electron chi connectivity index (χ2n) is 5.52. The lowest BCUT2D eigenvalue weighted by Gasteiger charge is -2.12. The molecule has 1 atom stereocenters. The van der Waals surface area contributed by atoms with Gasteiger partial charge in [0.2, 0.25) is 5.91 Å². The van der Waals surface area contributed by atoms with E-state index in [9.17, 15) is 4.79 Å². The zero-order valence-electron chi connectivity index (χ0n) is 12.8. The van der Waals surface area contributed by atoms with E-state index >= 15 is 0 Å². The second-order valence-corrected chi connectivity index (χ2v) is 5.52. The van der Waals surface area contributed by atoms with Gasteiger partial charge in [0, 0.05) is 24.1 Å². The van der Waals surface area contributed by atoms with Crippen molar-refractivity contribution in [2.75, 3.05) is 13.7 Å². The zero-order valence-corrected chi connectivity index (χ0v) is 12.8. The summed E-state index contributed by atoms with van der Waals surface area (Å²) in [4.78, 5) is 12.2. The first-order valence-corrected chi connectivity index (χ1v) is 7.35. The molecule has 0 bridgehead atoms. The number of benzene rings is 2. The number of furan rings is 1. The average molecular weight is 297 g/mol. The van der Waals surface area contributed by atoms with E-state index in [0.717, 1.165) is 27.3 Å². The fourth-order valence-corrected chi connectivity index (χ4v) is 2.80. The molecule has 1 amide bonds. The minimum atomic E-state index is -0.0276. The first-order chi connectivity index (χ1) is 10.7. The van der Waals surface area contributed by atoms with Crippen LogP contribution in [0.2, 0.25) is 0 Å². The summed E-state index contributed by atoms with van der Waals surface area (Å²) in [5.74, 6) is -0.0276. The molecule has 0 saturated heterocycles. The third kappa shape index (κ3) is 2.83. The Hall–Kier alpha value is -2.33. The largest absolute Gasteiger partial charge is 0.464 e. The summed E-state index contributed by atoms with van der Waals surface area (Å²) in [5, 5.41) is 6.20. The molecule has 0 spiro atoms. The Kier molecular flexibility index (Phi) is 4.11. The standard InChI is InChI=1S/C18H19NO3/c1-12(10-21-2)19-17(20)9-14-11-22-16-8-7-13-5-3-4-6-15(13)18(14)16/h3-8,11-12H,9-10H2,1-2H3,(H,19,20)/t12-/m0/s1. The van der Waals surface area contributed by atoms with Crippen LogP contribution in [0.4, 0.5) is 0 Å². The molecule has 4 heteroatoms. The molecule has 114 valence electrons. The van der Waals surface area contributed by atoms with Crippen LogP contribution >= 0.6 is 0 Å². The quantitative estimate of drug-likeness (QED) is 0.786. The Bertz CT molecular complexity index is 806. The number of rotatable bonds is 5. The van der Waals surface area contributed by atoms with Gasteiger partial charge >= 0.3 is 0 Å². The van der Waals surface area contributed by atoms with E-state index in [-0.39, 0.29) is 11.9 Å². The van der Waals surface area contributed by atoms with Crippen molar-refractivity contribution in [3.63, 3.8) is 0 Å². The Balaban J connectivity index is 1.91. The number of nitrogens with one attached hydrogen (secondary N) is 1. The van der Waals surface area contributed by atoms with Gasteiger partial charge in [0.05, 0.1) is 19.3 Å². The molecule has 0 aliphatic heterocycles. The van der Waals surface area contributed by atoms with E-state index in [0.29, 0.717) is 13.0 Å². The van der Waals surface area contributed by atoms with Gasteiger partial charge in [0.15, 0.2) is 0 Å². The number of hydrogen-bond donors (Lipinski definition) is 1. The summed E-state index contributed by atoms with van der Waals surface area (Å²) in [5.41, 5.74) is 1.72. The van der Waals surface area contributed by atoms with Crippen molar-refractivity contribution in [3.05, 3.63) is 48.2 Å². The van der Waals surface area contributed by atoms with E-state index in [1.54, 1.807) is 13.4 Å². The number of carbonyl (C=O) groups excluding carboxylic acids is 1. The summed E-state index contributed by atoms with van der Waals surface area (Å²) in [6.07, 6.45) is 1.98. The molecule has 0 aliphatic rings. The highest BCUT2D eigenvalue weighted by Gasteiger charge is 2.14. The van der Waals surface area contributed by atoms with Crippen molar-refractivity contribution >= 4 is 27.6 Å². The summed E-state index contributed by atoms with van der Waals surface area (Å²) >= 11 is 0. The van der Waals surface area contributed by atoms with Crippen LogP contribution in [0.25, 0.3) is 21.7 Å². The Morgan fingerprint density at radius 2 is 2.09 bits per heavy atom. The molecule has 1 N–H and O–H groups in total. The second kappa shape index (κ2) is 6.20. The van der Waals surface area contributed by atoms with Crippen molar-refractivity contribution in [3.8, 4) is 0 Å². The van der Waals surface area contributed by atoms with E-state index in [4.69, 9.17) is 9.15 Å². The van der Waals surface area contributed by atoms with Crippen molar-refractivity contribution < 1.29 is 13.9 Å². The molecule has 0 radical (unpaired) electrons. The molecule has 2 aromatic carbocycles. The molecule has 22 heavy (non-hydrogen) atoms. The van der Waals surface area contributed by atoms with Crippen LogP contribution < -0.4 is 5.32 Å². The molecule has 4 nitrogen and oxygen atoms in total. The predicted octanol–water partition coefficient (Wildman–Crippen LogP) is 3.28. The highest BCUT2D eigenvalue weighted by atomic mass is 16.5. The van der Waals surface area contributed by atoms with Crippen LogP contribution in [0, 0.1) is 0 Å². The van der Waals surface area contributed by atoms with Gasteiger partial charge in [-0.3, -0.25) is 4.79 Å². The first-order valence-electron chi connectivity index (χ1n) is 7.35. The average Bonchev–Trinajstić information content (AvgIpc) is 2.90. The van der Waals surface area contributed by atoms with Gasteiger partial charge in [-0.25, -0.2) is 0 Å². The Morgan fingerprint density at radius 3 is 2.91 bits per heavy atom. The first kappa shape index (κ1) is 14.6. The topological polar surface area (TPSA) is 51.5 Å². The highest BCUT2D eigenvalue weighted by molar-refractivity contribution is 6.08. The van der Waals surface area contributed by atoms with Crippen molar-refractivity contribution in [2.45, 2.75) is 19.4 Å². The van der Waals surface area contributed by atoms with Gasteiger partial charge < -0.3 is 14.5 Å². The molecule has 0 saturated carbocycles. The summed E-state index contributed by atoms with van der Waals surface area (Å²) < 4.78 is 10.6. The molecular formula is C18H19NO3. The lowest BCUT2D eigenvalue weighted by molar-refractivity contribution is -0.121. The number of hydrogen-bond acceptors (Lipinski definition) is 3. The Labute approximate surface area is 129 Å². The molecule has 0 aliphatic carbocycles. The Morgan fingerprint density at radius 1 is 1.27 bits per heavy atom. The molecule has 3 rings (SSSR count). The lowest BCUT2D eigenvalue weighted by atomic mass is 10.0. The highest BCUT2D eigenvalue weighted by Crippen LogP contribution is 2.30. The van der Waals surface area contributed by atoms with Crippen LogP contribution in [0.3, 0.4) is 0 Å². The van der Waals surface area contributed by atoms with Crippen LogP contribution in [0.5, 0.6) is 0 Å². The number of methoxy groups -OCH3 is 1. The third-order valence-corrected chi connectivity index (χ3v) is 3.72. The van der Waals surface area contributed by atoms with Crippen LogP contribution in [0.15, 0.2) is 47.1 Å². The fraction of sp³-hybridized carbons (Fsp3) is 0.278. The number of ether oxygens (including phenoxy) is 1. The van der Waals surface area contributed by atoms with Crippen LogP contribution in [0.1, 0.15) is 12.5 Å². The van der Waals surface area contributed by atoms with Gasteiger partial charge in [0.25, 0.3) is 0 Å². The minimum absolute atomic E-state index is 0.00703. The molecular weight excluding hydrogens is 278 g/mol. The zero-order chi connectivity index (χ0) is 15.5. The number of amides is 1. The smallest absolute Gasteiger partial charge is 0.224 e. The van der Waals surface area contributed by atoms with Crippen LogP contribution in [-0.2, 0) is 16.0 Å². The molecule has 1 aromatic heterocycles. The maximum Gasteiger partial charge on any atom is 0.224 e. The number of fused-ring (bicyclic) bond motifs is 3. The van der Waals surface area contributed by atoms with Gasteiger partial charge in [-0.05, 0) is 23.8 Å². The van der Waals surface area contributed by atoms with Gasteiger partial charge in [-0.2, -0.15) is 0 Å².